The second kappa shape index (κ2) is 8.50. The summed E-state index contributed by atoms with van der Waals surface area (Å²) >= 11 is 0. The number of hydrogen-bond donors (Lipinski definition) is 1. The summed E-state index contributed by atoms with van der Waals surface area (Å²) < 4.78 is 14.7. The van der Waals surface area contributed by atoms with Crippen molar-refractivity contribution in [2.24, 2.45) is 0 Å². The van der Waals surface area contributed by atoms with Gasteiger partial charge in [0.1, 0.15) is 5.82 Å². The number of carbonyl (C=O) groups is 2. The first-order valence-electron chi connectivity index (χ1n) is 10.9. The summed E-state index contributed by atoms with van der Waals surface area (Å²) in [5.74, 6) is -0.741. The minimum absolute atomic E-state index is 0.0566. The van der Waals surface area contributed by atoms with E-state index in [1.807, 2.05) is 37.4 Å². The summed E-state index contributed by atoms with van der Waals surface area (Å²) in [5.41, 5.74) is 2.97. The van der Waals surface area contributed by atoms with Gasteiger partial charge < -0.3 is 14.8 Å². The van der Waals surface area contributed by atoms with Crippen molar-refractivity contribution in [3.05, 3.63) is 90.1 Å². The molecule has 7 heteroatoms. The first-order valence-corrected chi connectivity index (χ1v) is 10.9. The van der Waals surface area contributed by atoms with Crippen molar-refractivity contribution in [2.75, 3.05) is 19.6 Å². The highest BCUT2D eigenvalue weighted by Gasteiger charge is 2.31. The predicted molar refractivity (Wildman–Crippen MR) is 124 cm³/mol. The van der Waals surface area contributed by atoms with E-state index in [2.05, 4.69) is 9.97 Å². The number of nitrogens with zero attached hydrogens (tertiary/aromatic N) is 3. The summed E-state index contributed by atoms with van der Waals surface area (Å²) in [6, 6.07) is 15.4. The van der Waals surface area contributed by atoms with Crippen LogP contribution in [0.4, 0.5) is 4.39 Å². The Morgan fingerprint density at radius 1 is 0.970 bits per heavy atom. The van der Waals surface area contributed by atoms with Crippen LogP contribution in [0.25, 0.3) is 22.0 Å². The maximum absolute atomic E-state index is 14.7. The molecule has 6 nitrogen and oxygen atoms in total. The van der Waals surface area contributed by atoms with E-state index in [1.54, 1.807) is 46.5 Å². The average molecular weight is 442 g/mol. The number of rotatable bonds is 3. The normalized spacial score (nSPS) is 16.2. The number of aromatic amines is 1. The van der Waals surface area contributed by atoms with Crippen molar-refractivity contribution in [2.45, 2.75) is 13.0 Å². The maximum Gasteiger partial charge on any atom is 0.254 e. The zero-order valence-electron chi connectivity index (χ0n) is 18.2. The number of halogens is 1. The van der Waals surface area contributed by atoms with Crippen LogP contribution in [-0.4, -0.2) is 57.3 Å². The van der Waals surface area contributed by atoms with Crippen molar-refractivity contribution < 1.29 is 14.0 Å². The molecular formula is C26H23FN4O2. The van der Waals surface area contributed by atoms with E-state index in [4.69, 9.17) is 0 Å². The molecule has 2 amide bonds. The Balaban J connectivity index is 1.29. The van der Waals surface area contributed by atoms with Gasteiger partial charge in [-0.15, -0.1) is 0 Å². The van der Waals surface area contributed by atoms with Crippen molar-refractivity contribution in [3.8, 4) is 11.1 Å². The molecule has 1 atom stereocenters. The third-order valence-electron chi connectivity index (χ3n) is 6.18. The Hall–Kier alpha value is -4.00. The minimum Gasteiger partial charge on any atom is -0.361 e. The largest absolute Gasteiger partial charge is 0.361 e. The number of piperazine rings is 1. The van der Waals surface area contributed by atoms with Gasteiger partial charge in [-0.25, -0.2) is 4.39 Å². The molecule has 0 spiro atoms. The Kier molecular flexibility index (Phi) is 5.38. The van der Waals surface area contributed by atoms with Crippen LogP contribution >= 0.6 is 0 Å². The monoisotopic (exact) mass is 442 g/mol. The molecule has 0 saturated carbocycles. The first kappa shape index (κ1) is 20.9. The zero-order chi connectivity index (χ0) is 22.9. The van der Waals surface area contributed by atoms with Crippen molar-refractivity contribution in [1.82, 2.24) is 19.8 Å². The third-order valence-corrected chi connectivity index (χ3v) is 6.18. The number of aromatic nitrogens is 2. The minimum atomic E-state index is -0.450. The lowest BCUT2D eigenvalue weighted by Crippen LogP contribution is -2.55. The van der Waals surface area contributed by atoms with Gasteiger partial charge in [0.25, 0.3) is 11.8 Å². The van der Waals surface area contributed by atoms with E-state index >= 15 is 0 Å². The molecule has 0 aliphatic carbocycles. The molecule has 5 rings (SSSR count). The van der Waals surface area contributed by atoms with Gasteiger partial charge in [-0.05, 0) is 60.3 Å². The number of pyridine rings is 1. The van der Waals surface area contributed by atoms with E-state index in [9.17, 15) is 14.0 Å². The van der Waals surface area contributed by atoms with Gasteiger partial charge in [-0.3, -0.25) is 14.6 Å². The molecule has 1 N–H and O–H groups in total. The molecule has 3 heterocycles. The van der Waals surface area contributed by atoms with Crippen LogP contribution in [0.1, 0.15) is 27.6 Å². The number of fused-ring (bicyclic) bond motifs is 1. The van der Waals surface area contributed by atoms with Gasteiger partial charge in [-0.1, -0.05) is 12.1 Å². The Labute approximate surface area is 190 Å². The first-order chi connectivity index (χ1) is 16.0. The van der Waals surface area contributed by atoms with Crippen molar-refractivity contribution >= 4 is 22.7 Å². The summed E-state index contributed by atoms with van der Waals surface area (Å²) in [6.45, 7) is 3.14. The lowest BCUT2D eigenvalue weighted by molar-refractivity contribution is 0.0414. The van der Waals surface area contributed by atoms with Crippen LogP contribution in [0.15, 0.2) is 73.2 Å². The average Bonchev–Trinajstić information content (AvgIpc) is 3.31. The Morgan fingerprint density at radius 3 is 2.48 bits per heavy atom. The van der Waals surface area contributed by atoms with E-state index in [1.165, 1.54) is 6.07 Å². The van der Waals surface area contributed by atoms with E-state index < -0.39 is 5.82 Å². The van der Waals surface area contributed by atoms with Crippen LogP contribution in [0, 0.1) is 5.82 Å². The standard InChI is InChI=1S/C26H23FN4O2/c1-17-16-30(12-13-31(17)26(33)21-3-2-19-8-11-29-24(19)15-21)25(32)20-4-5-22(23(27)14-20)18-6-9-28-10-7-18/h2-11,14-15,17,29H,12-13,16H2,1H3/t17-/m0/s1. The number of carbonyl (C=O) groups excluding carboxylic acids is 2. The molecule has 1 saturated heterocycles. The van der Waals surface area contributed by atoms with E-state index in [0.29, 0.717) is 41.9 Å². The maximum atomic E-state index is 14.7. The van der Waals surface area contributed by atoms with Crippen LogP contribution < -0.4 is 0 Å². The van der Waals surface area contributed by atoms with Crippen molar-refractivity contribution in [3.63, 3.8) is 0 Å². The Bertz CT molecular complexity index is 1330. The lowest BCUT2D eigenvalue weighted by atomic mass is 10.0. The quantitative estimate of drug-likeness (QED) is 0.513. The third kappa shape index (κ3) is 3.98. The van der Waals surface area contributed by atoms with Gasteiger partial charge in [0.05, 0.1) is 0 Å². The van der Waals surface area contributed by atoms with Crippen molar-refractivity contribution in [1.29, 1.82) is 0 Å². The summed E-state index contributed by atoms with van der Waals surface area (Å²) in [4.78, 5) is 36.7. The fraction of sp³-hybridized carbons (Fsp3) is 0.192. The molecule has 4 aromatic rings. The molecule has 0 bridgehead atoms. The molecular weight excluding hydrogens is 419 g/mol. The van der Waals surface area contributed by atoms with E-state index in [-0.39, 0.29) is 17.9 Å². The molecule has 1 aliphatic heterocycles. The second-order valence-corrected chi connectivity index (χ2v) is 8.31. The van der Waals surface area contributed by atoms with Crippen LogP contribution in [-0.2, 0) is 0 Å². The van der Waals surface area contributed by atoms with Crippen LogP contribution in [0.2, 0.25) is 0 Å². The topological polar surface area (TPSA) is 69.3 Å². The summed E-state index contributed by atoms with van der Waals surface area (Å²) in [5, 5.41) is 1.05. The molecule has 0 radical (unpaired) electrons. The van der Waals surface area contributed by atoms with Gasteiger partial charge in [-0.2, -0.15) is 0 Å². The fourth-order valence-corrected chi connectivity index (χ4v) is 4.39. The Morgan fingerprint density at radius 2 is 1.73 bits per heavy atom. The zero-order valence-corrected chi connectivity index (χ0v) is 18.2. The number of amides is 2. The van der Waals surface area contributed by atoms with Crippen LogP contribution in [0.5, 0.6) is 0 Å². The smallest absolute Gasteiger partial charge is 0.254 e. The van der Waals surface area contributed by atoms with E-state index in [0.717, 1.165) is 10.9 Å². The lowest BCUT2D eigenvalue weighted by Gasteiger charge is -2.40. The highest BCUT2D eigenvalue weighted by molar-refractivity contribution is 5.99. The van der Waals surface area contributed by atoms with Gasteiger partial charge in [0.2, 0.25) is 0 Å². The molecule has 1 aliphatic rings. The number of benzene rings is 2. The van der Waals surface area contributed by atoms with Gasteiger partial charge in [0.15, 0.2) is 0 Å². The summed E-state index contributed by atoms with van der Waals surface area (Å²) in [7, 11) is 0. The SMILES string of the molecule is C[C@H]1CN(C(=O)c2ccc(-c3ccncc3)c(F)c2)CCN1C(=O)c1ccc2cc[nH]c2c1. The molecule has 2 aromatic carbocycles. The second-order valence-electron chi connectivity index (χ2n) is 8.31. The fourth-order valence-electron chi connectivity index (χ4n) is 4.39. The van der Waals surface area contributed by atoms with Gasteiger partial charge >= 0.3 is 0 Å². The van der Waals surface area contributed by atoms with Gasteiger partial charge in [0, 0.05) is 66.5 Å². The molecule has 0 unspecified atom stereocenters. The molecule has 166 valence electrons. The molecule has 33 heavy (non-hydrogen) atoms. The summed E-state index contributed by atoms with van der Waals surface area (Å²) in [6.07, 6.45) is 5.05. The number of H-pyrrole nitrogens is 1. The molecule has 1 fully saturated rings. The number of nitrogens with one attached hydrogen (secondary N) is 1. The predicted octanol–water partition coefficient (Wildman–Crippen LogP) is 4.36. The highest BCUT2D eigenvalue weighted by Crippen LogP contribution is 2.24. The van der Waals surface area contributed by atoms with Crippen LogP contribution in [0.3, 0.4) is 0 Å². The molecule has 2 aromatic heterocycles. The number of hydrogen-bond acceptors (Lipinski definition) is 3. The highest BCUT2D eigenvalue weighted by atomic mass is 19.1.